The molecule has 24 heavy (non-hydrogen) atoms. The van der Waals surface area contributed by atoms with Gasteiger partial charge in [-0.1, -0.05) is 18.2 Å². The molecule has 0 bridgehead atoms. The maximum atomic E-state index is 12.1. The van der Waals surface area contributed by atoms with Crippen molar-refractivity contribution < 1.29 is 9.00 Å². The van der Waals surface area contributed by atoms with Crippen molar-refractivity contribution in [3.8, 4) is 0 Å². The van der Waals surface area contributed by atoms with E-state index in [2.05, 4.69) is 15.7 Å². The smallest absolute Gasteiger partial charge is 0.315 e. The van der Waals surface area contributed by atoms with Gasteiger partial charge in [0, 0.05) is 35.5 Å². The maximum absolute atomic E-state index is 12.1. The average Bonchev–Trinajstić information content (AvgIpc) is 2.80. The van der Waals surface area contributed by atoms with Crippen LogP contribution < -0.4 is 10.6 Å². The lowest BCUT2D eigenvalue weighted by Crippen LogP contribution is -2.39. The van der Waals surface area contributed by atoms with Crippen LogP contribution in [0.15, 0.2) is 35.2 Å². The van der Waals surface area contributed by atoms with Crippen LogP contribution in [-0.2, 0) is 17.8 Å². The Morgan fingerprint density at radius 2 is 1.96 bits per heavy atom. The average molecular weight is 348 g/mol. The molecule has 2 N–H and O–H groups in total. The van der Waals surface area contributed by atoms with Gasteiger partial charge in [0.05, 0.1) is 22.5 Å². The second-order valence-corrected chi connectivity index (χ2v) is 7.26. The van der Waals surface area contributed by atoms with Gasteiger partial charge in [-0.2, -0.15) is 5.10 Å². The first-order chi connectivity index (χ1) is 11.4. The van der Waals surface area contributed by atoms with Crippen LogP contribution in [0.2, 0.25) is 0 Å². The van der Waals surface area contributed by atoms with Crippen LogP contribution in [0.5, 0.6) is 0 Å². The number of carbonyl (C=O) groups excluding carboxylic acids is 1. The summed E-state index contributed by atoms with van der Waals surface area (Å²) in [5.41, 5.74) is 2.97. The van der Waals surface area contributed by atoms with Crippen LogP contribution in [0.25, 0.3) is 0 Å². The number of benzene rings is 1. The molecule has 6 nitrogen and oxygen atoms in total. The van der Waals surface area contributed by atoms with E-state index in [0.29, 0.717) is 12.3 Å². The van der Waals surface area contributed by atoms with Crippen LogP contribution in [0, 0.1) is 13.8 Å². The normalized spacial score (nSPS) is 13.3. The summed E-state index contributed by atoms with van der Waals surface area (Å²) in [4.78, 5) is 12.8. The molecular weight excluding hydrogens is 324 g/mol. The highest BCUT2D eigenvalue weighted by atomic mass is 32.2. The molecule has 0 aliphatic heterocycles. The van der Waals surface area contributed by atoms with E-state index in [4.69, 9.17) is 0 Å². The molecule has 0 saturated heterocycles. The number of aryl methyl sites for hydroxylation is 2. The highest BCUT2D eigenvalue weighted by Gasteiger charge is 2.17. The van der Waals surface area contributed by atoms with Crippen molar-refractivity contribution in [2.45, 2.75) is 31.7 Å². The van der Waals surface area contributed by atoms with Crippen LogP contribution in [0.4, 0.5) is 4.79 Å². The molecule has 2 atom stereocenters. The van der Waals surface area contributed by atoms with Crippen LogP contribution >= 0.6 is 0 Å². The van der Waals surface area contributed by atoms with Gasteiger partial charge in [0.25, 0.3) is 0 Å². The van der Waals surface area contributed by atoms with Crippen molar-refractivity contribution >= 4 is 16.8 Å². The van der Waals surface area contributed by atoms with Gasteiger partial charge in [-0.3, -0.25) is 8.89 Å². The molecule has 0 spiro atoms. The molecule has 1 aromatic carbocycles. The molecule has 2 rings (SSSR count). The van der Waals surface area contributed by atoms with Gasteiger partial charge in [-0.05, 0) is 32.9 Å². The molecule has 0 aliphatic carbocycles. The lowest BCUT2D eigenvalue weighted by molar-refractivity contribution is 0.238. The summed E-state index contributed by atoms with van der Waals surface area (Å²) in [6.45, 7) is 6.19. The molecule has 2 amide bonds. The van der Waals surface area contributed by atoms with Crippen molar-refractivity contribution in [2.24, 2.45) is 7.05 Å². The first-order valence-corrected chi connectivity index (χ1v) is 9.20. The van der Waals surface area contributed by atoms with E-state index < -0.39 is 10.8 Å². The first-order valence-electron chi connectivity index (χ1n) is 7.88. The first kappa shape index (κ1) is 18.2. The Morgan fingerprint density at radius 3 is 2.54 bits per heavy atom. The highest BCUT2D eigenvalue weighted by Crippen LogP contribution is 2.20. The van der Waals surface area contributed by atoms with Crippen molar-refractivity contribution in [1.29, 1.82) is 0 Å². The highest BCUT2D eigenvalue weighted by molar-refractivity contribution is 7.85. The van der Waals surface area contributed by atoms with Gasteiger partial charge in [0.1, 0.15) is 0 Å². The summed E-state index contributed by atoms with van der Waals surface area (Å²) in [7, 11) is 0.778. The third-order valence-electron chi connectivity index (χ3n) is 3.92. The summed E-state index contributed by atoms with van der Waals surface area (Å²) in [6, 6.07) is 8.84. The summed E-state index contributed by atoms with van der Waals surface area (Å²) in [5.74, 6) is 0.386. The Balaban J connectivity index is 1.82. The molecule has 7 heteroatoms. The van der Waals surface area contributed by atoms with E-state index in [9.17, 15) is 9.00 Å². The number of hydrogen-bond acceptors (Lipinski definition) is 3. The molecular formula is C17H24N4O2S. The Kier molecular flexibility index (Phi) is 6.14. The summed E-state index contributed by atoms with van der Waals surface area (Å²) >= 11 is 0. The second-order valence-electron chi connectivity index (χ2n) is 5.69. The van der Waals surface area contributed by atoms with E-state index in [-0.39, 0.29) is 12.1 Å². The van der Waals surface area contributed by atoms with Gasteiger partial charge < -0.3 is 10.6 Å². The Labute approximate surface area is 145 Å². The number of amides is 2. The number of hydrogen-bond donors (Lipinski definition) is 2. The predicted octanol–water partition coefficient (Wildman–Crippen LogP) is 2.20. The summed E-state index contributed by atoms with van der Waals surface area (Å²) in [6.07, 6.45) is 0. The zero-order chi connectivity index (χ0) is 17.7. The van der Waals surface area contributed by atoms with Crippen molar-refractivity contribution in [1.82, 2.24) is 20.4 Å². The third-order valence-corrected chi connectivity index (χ3v) is 5.30. The maximum Gasteiger partial charge on any atom is 0.315 e. The van der Waals surface area contributed by atoms with Crippen molar-refractivity contribution in [3.05, 3.63) is 47.3 Å². The number of nitrogens with one attached hydrogen (secondary N) is 2. The number of carbonyl (C=O) groups is 1. The van der Waals surface area contributed by atoms with E-state index in [1.54, 1.807) is 0 Å². The second kappa shape index (κ2) is 8.10. The van der Waals surface area contributed by atoms with Gasteiger partial charge in [0.15, 0.2) is 0 Å². The minimum atomic E-state index is -1.11. The van der Waals surface area contributed by atoms with E-state index >= 15 is 0 Å². The quantitative estimate of drug-likeness (QED) is 0.840. The monoisotopic (exact) mass is 348 g/mol. The molecule has 0 saturated carbocycles. The fraction of sp³-hybridized carbons (Fsp3) is 0.412. The Hall–Kier alpha value is -2.15. The zero-order valence-corrected chi connectivity index (χ0v) is 15.3. The summed E-state index contributed by atoms with van der Waals surface area (Å²) < 4.78 is 13.9. The van der Waals surface area contributed by atoms with Crippen LogP contribution in [-0.4, -0.2) is 32.3 Å². The minimum absolute atomic E-state index is 0.140. The topological polar surface area (TPSA) is 76.0 Å². The fourth-order valence-corrected chi connectivity index (χ4v) is 3.67. The molecule has 1 aromatic heterocycles. The zero-order valence-electron chi connectivity index (χ0n) is 14.5. The molecule has 1 heterocycles. The number of rotatable bonds is 6. The lowest BCUT2D eigenvalue weighted by Gasteiger charge is -2.15. The molecule has 0 unspecified atom stereocenters. The van der Waals surface area contributed by atoms with Crippen LogP contribution in [0.1, 0.15) is 29.9 Å². The van der Waals surface area contributed by atoms with Gasteiger partial charge >= 0.3 is 6.03 Å². The Morgan fingerprint density at radius 1 is 1.29 bits per heavy atom. The Bertz CT molecular complexity index is 728. The van der Waals surface area contributed by atoms with E-state index in [1.807, 2.05) is 62.8 Å². The largest absolute Gasteiger partial charge is 0.337 e. The predicted molar refractivity (Wildman–Crippen MR) is 95.3 cm³/mol. The molecule has 0 aliphatic rings. The minimum Gasteiger partial charge on any atom is -0.337 e. The van der Waals surface area contributed by atoms with E-state index in [1.165, 1.54) is 0 Å². The van der Waals surface area contributed by atoms with E-state index in [0.717, 1.165) is 21.8 Å². The standard InChI is InChI=1S/C17H24N4O2S/c1-12(16-13(2)20-21(4)14(16)3)19-17(22)18-10-11-24(23)15-8-6-5-7-9-15/h5-9,12H,10-11H2,1-4H3,(H2,18,19,22)/t12-,24+/m0/s1. The van der Waals surface area contributed by atoms with Crippen LogP contribution in [0.3, 0.4) is 0 Å². The summed E-state index contributed by atoms with van der Waals surface area (Å²) in [5, 5.41) is 10.0. The fourth-order valence-electron chi connectivity index (χ4n) is 2.68. The van der Waals surface area contributed by atoms with Gasteiger partial charge in [-0.15, -0.1) is 0 Å². The van der Waals surface area contributed by atoms with Crippen molar-refractivity contribution in [2.75, 3.05) is 12.3 Å². The van der Waals surface area contributed by atoms with Gasteiger partial charge in [-0.25, -0.2) is 4.79 Å². The lowest BCUT2D eigenvalue weighted by atomic mass is 10.1. The SMILES string of the molecule is Cc1nn(C)c(C)c1[C@H](C)NC(=O)NCC[S@@](=O)c1ccccc1. The molecule has 2 aromatic rings. The number of aromatic nitrogens is 2. The van der Waals surface area contributed by atoms with Gasteiger partial charge in [0.2, 0.25) is 0 Å². The van der Waals surface area contributed by atoms with Crippen molar-refractivity contribution in [3.63, 3.8) is 0 Å². The number of nitrogens with zero attached hydrogens (tertiary/aromatic N) is 2. The molecule has 130 valence electrons. The molecule has 0 radical (unpaired) electrons. The third kappa shape index (κ3) is 4.44. The number of urea groups is 1. The molecule has 0 fully saturated rings.